The first-order valence-electron chi connectivity index (χ1n) is 13.8. The number of amides is 2. The summed E-state index contributed by atoms with van der Waals surface area (Å²) in [4.78, 5) is 37.5. The molecule has 0 aliphatic carbocycles. The Labute approximate surface area is 230 Å². The van der Waals surface area contributed by atoms with Crippen molar-refractivity contribution in [3.8, 4) is 22.8 Å². The molecule has 2 amide bonds. The van der Waals surface area contributed by atoms with Crippen LogP contribution in [0.4, 0.5) is 10.2 Å². The second-order valence-electron chi connectivity index (χ2n) is 10.3. The number of ether oxygens (including phenoxy) is 1. The second-order valence-corrected chi connectivity index (χ2v) is 10.7. The number of pyridine rings is 1. The molecule has 202 valence electrons. The molecule has 9 nitrogen and oxygen atoms in total. The van der Waals surface area contributed by atoms with Crippen LogP contribution in [0.15, 0.2) is 30.9 Å². The normalized spacial score (nSPS) is 22.8. The molecule has 3 aliphatic rings. The molecule has 4 heterocycles. The summed E-state index contributed by atoms with van der Waals surface area (Å²) >= 11 is 6.78. The number of anilines is 1. The van der Waals surface area contributed by atoms with Gasteiger partial charge in [-0.2, -0.15) is 0 Å². The fourth-order valence-corrected chi connectivity index (χ4v) is 5.54. The van der Waals surface area contributed by atoms with Crippen LogP contribution in [0.3, 0.4) is 0 Å². The number of benzene rings is 1. The molecule has 5 rings (SSSR count). The number of piperazine rings is 2. The summed E-state index contributed by atoms with van der Waals surface area (Å²) in [6.07, 6.45) is 1.22. The third-order valence-corrected chi connectivity index (χ3v) is 7.72. The summed E-state index contributed by atoms with van der Waals surface area (Å²) in [5, 5.41) is 10.4. The van der Waals surface area contributed by atoms with Gasteiger partial charge in [0.1, 0.15) is 40.3 Å². The first-order chi connectivity index (χ1) is 19.2. The SMILES string of the molecule is [2H]C([2H])([2H])N1CCN(c2nc(-c3c(O)cccc3F)c(Cl)c3c2C(=O)N2CCN(C(=O)C=C)C[C@@H]2CO3)CC1(C)C. The highest BCUT2D eigenvalue weighted by Gasteiger charge is 2.42. The summed E-state index contributed by atoms with van der Waals surface area (Å²) in [7, 11) is 0. The lowest BCUT2D eigenvalue weighted by Crippen LogP contribution is -2.59. The summed E-state index contributed by atoms with van der Waals surface area (Å²) in [6.45, 7) is 6.04. The van der Waals surface area contributed by atoms with E-state index in [1.165, 1.54) is 23.1 Å². The molecule has 2 aromatic rings. The van der Waals surface area contributed by atoms with Gasteiger partial charge in [0.2, 0.25) is 5.91 Å². The highest BCUT2D eigenvalue weighted by molar-refractivity contribution is 6.35. The number of hydrogen-bond donors (Lipinski definition) is 1. The number of fused-ring (bicyclic) bond motifs is 2. The number of carbonyl (C=O) groups is 2. The van der Waals surface area contributed by atoms with E-state index in [4.69, 9.17) is 20.5 Å². The number of hydrogen-bond acceptors (Lipinski definition) is 7. The van der Waals surface area contributed by atoms with Crippen molar-refractivity contribution < 1.29 is 27.9 Å². The van der Waals surface area contributed by atoms with E-state index in [1.807, 2.05) is 0 Å². The van der Waals surface area contributed by atoms with Crippen LogP contribution in [0.25, 0.3) is 11.3 Å². The molecule has 3 aliphatic heterocycles. The van der Waals surface area contributed by atoms with E-state index in [-0.39, 0.29) is 78.6 Å². The van der Waals surface area contributed by atoms with Crippen LogP contribution in [0.1, 0.15) is 28.3 Å². The minimum Gasteiger partial charge on any atom is -0.507 e. The zero-order valence-corrected chi connectivity index (χ0v) is 22.0. The van der Waals surface area contributed by atoms with Crippen LogP contribution in [-0.4, -0.2) is 101 Å². The molecule has 0 spiro atoms. The van der Waals surface area contributed by atoms with E-state index in [0.29, 0.717) is 6.54 Å². The van der Waals surface area contributed by atoms with Gasteiger partial charge in [0.15, 0.2) is 5.75 Å². The number of halogens is 2. The molecule has 0 radical (unpaired) electrons. The topological polar surface area (TPSA) is 89.5 Å². The lowest BCUT2D eigenvalue weighted by atomic mass is 9.98. The van der Waals surface area contributed by atoms with Gasteiger partial charge in [-0.25, -0.2) is 9.37 Å². The van der Waals surface area contributed by atoms with Crippen LogP contribution < -0.4 is 9.64 Å². The fraction of sp³-hybridized carbons (Fsp3) is 0.444. The van der Waals surface area contributed by atoms with E-state index in [2.05, 4.69) is 11.6 Å². The Morgan fingerprint density at radius 2 is 2.11 bits per heavy atom. The van der Waals surface area contributed by atoms with Crippen molar-refractivity contribution in [1.29, 1.82) is 0 Å². The Kier molecular flexibility index (Phi) is 5.79. The van der Waals surface area contributed by atoms with Gasteiger partial charge in [-0.15, -0.1) is 0 Å². The molecule has 11 heteroatoms. The van der Waals surface area contributed by atoms with Crippen molar-refractivity contribution in [3.05, 3.63) is 47.3 Å². The average molecular weight is 547 g/mol. The fourth-order valence-electron chi connectivity index (χ4n) is 5.25. The Balaban J connectivity index is 1.65. The van der Waals surface area contributed by atoms with Crippen LogP contribution in [0, 0.1) is 5.82 Å². The van der Waals surface area contributed by atoms with Gasteiger partial charge in [-0.1, -0.05) is 24.2 Å². The third-order valence-electron chi connectivity index (χ3n) is 7.37. The van der Waals surface area contributed by atoms with Gasteiger partial charge in [0, 0.05) is 48.9 Å². The van der Waals surface area contributed by atoms with Crippen LogP contribution in [-0.2, 0) is 4.79 Å². The van der Waals surface area contributed by atoms with Crippen molar-refractivity contribution in [2.45, 2.75) is 25.4 Å². The largest absolute Gasteiger partial charge is 0.507 e. The summed E-state index contributed by atoms with van der Waals surface area (Å²) < 4.78 is 45.1. The lowest BCUT2D eigenvalue weighted by molar-refractivity contribution is -0.128. The van der Waals surface area contributed by atoms with E-state index in [0.717, 1.165) is 6.07 Å². The van der Waals surface area contributed by atoms with Crippen molar-refractivity contribution in [2.75, 3.05) is 57.8 Å². The lowest BCUT2D eigenvalue weighted by Gasteiger charge is -2.46. The van der Waals surface area contributed by atoms with Gasteiger partial charge in [0.25, 0.3) is 5.91 Å². The maximum atomic E-state index is 15.1. The average Bonchev–Trinajstić information content (AvgIpc) is 3.04. The predicted octanol–water partition coefficient (Wildman–Crippen LogP) is 3.01. The van der Waals surface area contributed by atoms with Crippen LogP contribution in [0.5, 0.6) is 11.5 Å². The van der Waals surface area contributed by atoms with E-state index >= 15 is 4.39 Å². The molecule has 2 saturated heterocycles. The Morgan fingerprint density at radius 3 is 2.79 bits per heavy atom. The quantitative estimate of drug-likeness (QED) is 0.592. The number of phenols is 1. The van der Waals surface area contributed by atoms with E-state index in [9.17, 15) is 14.7 Å². The van der Waals surface area contributed by atoms with Gasteiger partial charge in [-0.05, 0) is 39.0 Å². The molecule has 1 aromatic heterocycles. The molecule has 1 aromatic carbocycles. The van der Waals surface area contributed by atoms with Crippen LogP contribution in [0.2, 0.25) is 5.02 Å². The van der Waals surface area contributed by atoms with E-state index in [1.54, 1.807) is 28.5 Å². The van der Waals surface area contributed by atoms with Gasteiger partial charge < -0.3 is 24.5 Å². The zero-order chi connectivity index (χ0) is 29.9. The molecule has 0 saturated carbocycles. The molecular formula is C27H31ClFN5O4. The van der Waals surface area contributed by atoms with Gasteiger partial charge in [0.05, 0.1) is 11.6 Å². The van der Waals surface area contributed by atoms with Crippen LogP contribution >= 0.6 is 11.6 Å². The summed E-state index contributed by atoms with van der Waals surface area (Å²) in [6, 6.07) is 3.31. The van der Waals surface area contributed by atoms with Gasteiger partial charge in [-0.3, -0.25) is 14.5 Å². The Bertz CT molecular complexity index is 1400. The highest BCUT2D eigenvalue weighted by atomic mass is 35.5. The second kappa shape index (κ2) is 9.74. The minimum atomic E-state index is -2.33. The molecular weight excluding hydrogens is 513 g/mol. The number of rotatable bonds is 3. The van der Waals surface area contributed by atoms with Crippen molar-refractivity contribution in [2.24, 2.45) is 0 Å². The first-order valence-corrected chi connectivity index (χ1v) is 12.7. The minimum absolute atomic E-state index is 0.00382. The maximum Gasteiger partial charge on any atom is 0.261 e. The standard InChI is InChI=1S/C27H31ClFN5O4/c1-5-19(36)32-11-12-34-16(13-32)14-38-24-21(26(34)37)25(33-10-9-31(4)27(2,3)15-33)30-23(22(24)28)20-17(29)7-6-8-18(20)35/h5-8,16,35H,1,9-15H2,2-4H3/t16-/m1/s1/i4D3. The monoisotopic (exact) mass is 546 g/mol. The Morgan fingerprint density at radius 1 is 1.32 bits per heavy atom. The van der Waals surface area contributed by atoms with Crippen molar-refractivity contribution in [1.82, 2.24) is 19.7 Å². The molecule has 1 atom stereocenters. The first kappa shape index (κ1) is 22.6. The van der Waals surface area contributed by atoms with Crippen molar-refractivity contribution in [3.63, 3.8) is 0 Å². The molecule has 0 unspecified atom stereocenters. The summed E-state index contributed by atoms with van der Waals surface area (Å²) in [5.41, 5.74) is -1.14. The number of aromatic hydroxyl groups is 1. The summed E-state index contributed by atoms with van der Waals surface area (Å²) in [5.74, 6) is -1.70. The van der Waals surface area contributed by atoms with Crippen molar-refractivity contribution >= 4 is 29.2 Å². The molecule has 38 heavy (non-hydrogen) atoms. The number of aromatic nitrogens is 1. The number of phenolic OH excluding ortho intramolecular Hbond substituents is 1. The smallest absolute Gasteiger partial charge is 0.261 e. The number of carbonyl (C=O) groups excluding carboxylic acids is 2. The number of nitrogens with zero attached hydrogens (tertiary/aromatic N) is 5. The third kappa shape index (κ3) is 4.35. The predicted molar refractivity (Wildman–Crippen MR) is 142 cm³/mol. The molecule has 0 bridgehead atoms. The maximum absolute atomic E-state index is 15.1. The highest BCUT2D eigenvalue weighted by Crippen LogP contribution is 2.46. The zero-order valence-electron chi connectivity index (χ0n) is 24.2. The Hall–Kier alpha value is -3.37. The molecule has 1 N–H and O–H groups in total. The van der Waals surface area contributed by atoms with Gasteiger partial charge >= 0.3 is 0 Å². The number of likely N-dealkylation sites (N-methyl/N-ethyl adjacent to an activating group) is 1. The van der Waals surface area contributed by atoms with E-state index < -0.39 is 36.0 Å². The molecule has 2 fully saturated rings.